The summed E-state index contributed by atoms with van der Waals surface area (Å²) in [6.07, 6.45) is 1.45. The summed E-state index contributed by atoms with van der Waals surface area (Å²) in [4.78, 5) is 13.2. The second-order valence-corrected chi connectivity index (χ2v) is 6.11. The lowest BCUT2D eigenvalue weighted by molar-refractivity contribution is 0.0963. The van der Waals surface area contributed by atoms with Crippen LogP contribution in [0.15, 0.2) is 84.4 Å². The smallest absolute Gasteiger partial charge is 0.196 e. The first-order valence-corrected chi connectivity index (χ1v) is 8.47. The number of hydrogen-bond donors (Lipinski definition) is 0. The number of hydrogen-bond acceptors (Lipinski definition) is 3. The number of ether oxygens (including phenoxy) is 2. The fourth-order valence-electron chi connectivity index (χ4n) is 3.15. The van der Waals surface area contributed by atoms with Gasteiger partial charge in [-0.2, -0.15) is 0 Å². The molecule has 3 aromatic rings. The Labute approximate surface area is 152 Å². The lowest BCUT2D eigenvalue weighted by atomic mass is 9.89. The molecule has 0 saturated heterocycles. The van der Waals surface area contributed by atoms with E-state index in [9.17, 15) is 4.79 Å². The van der Waals surface area contributed by atoms with E-state index in [4.69, 9.17) is 9.47 Å². The highest BCUT2D eigenvalue weighted by atomic mass is 16.5. The predicted octanol–water partition coefficient (Wildman–Crippen LogP) is 5.10. The molecule has 0 radical (unpaired) electrons. The molecule has 1 aliphatic rings. The van der Waals surface area contributed by atoms with Gasteiger partial charge in [0.25, 0.3) is 0 Å². The second-order valence-electron chi connectivity index (χ2n) is 6.11. The van der Waals surface area contributed by atoms with Crippen LogP contribution in [0.5, 0.6) is 11.5 Å². The molecular weight excluding hydrogens is 324 g/mol. The Balaban J connectivity index is 1.85. The van der Waals surface area contributed by atoms with E-state index in [2.05, 4.69) is 0 Å². The van der Waals surface area contributed by atoms with Gasteiger partial charge >= 0.3 is 0 Å². The Morgan fingerprint density at radius 1 is 0.923 bits per heavy atom. The van der Waals surface area contributed by atoms with Crippen LogP contribution in [0.3, 0.4) is 0 Å². The molecule has 4 rings (SSSR count). The van der Waals surface area contributed by atoms with Crippen molar-refractivity contribution in [1.29, 1.82) is 0 Å². The van der Waals surface area contributed by atoms with Crippen molar-refractivity contribution in [3.05, 3.63) is 101 Å². The van der Waals surface area contributed by atoms with E-state index >= 15 is 0 Å². The molecule has 0 fully saturated rings. The third kappa shape index (κ3) is 3.00. The Morgan fingerprint density at radius 3 is 2.50 bits per heavy atom. The monoisotopic (exact) mass is 342 g/mol. The maximum atomic E-state index is 13.2. The highest BCUT2D eigenvalue weighted by molar-refractivity contribution is 6.14. The molecule has 0 amide bonds. The van der Waals surface area contributed by atoms with Crippen molar-refractivity contribution in [3.8, 4) is 11.5 Å². The normalized spacial score (nSPS) is 17.5. The minimum Gasteiger partial charge on any atom is -0.497 e. The zero-order valence-corrected chi connectivity index (χ0v) is 14.4. The van der Waals surface area contributed by atoms with Gasteiger partial charge in [-0.3, -0.25) is 4.79 Å². The van der Waals surface area contributed by atoms with E-state index in [-0.39, 0.29) is 5.78 Å². The molecule has 0 aromatic heterocycles. The van der Waals surface area contributed by atoms with Crippen molar-refractivity contribution in [1.82, 2.24) is 0 Å². The number of carbonyl (C=O) groups is 1. The standard InChI is InChI=1S/C23H18O3/c1-25-18-11-7-8-16(14-18)15-20-22(24)19-12-5-6-13-21(19)26-23(20)17-9-3-2-4-10-17/h2-15,23H,1H3/b20-15+/t23-/m0/s1. The first-order chi connectivity index (χ1) is 12.8. The fraction of sp³-hybridized carbons (Fsp3) is 0.0870. The molecular formula is C23H18O3. The Bertz CT molecular complexity index is 974. The molecule has 128 valence electrons. The summed E-state index contributed by atoms with van der Waals surface area (Å²) in [6.45, 7) is 0. The molecule has 1 heterocycles. The summed E-state index contributed by atoms with van der Waals surface area (Å²) < 4.78 is 11.5. The second kappa shape index (κ2) is 6.89. The number of carbonyl (C=O) groups excluding carboxylic acids is 1. The Hall–Kier alpha value is -3.33. The molecule has 0 spiro atoms. The van der Waals surface area contributed by atoms with Crippen molar-refractivity contribution in [3.63, 3.8) is 0 Å². The van der Waals surface area contributed by atoms with Gasteiger partial charge in [0.1, 0.15) is 11.5 Å². The van der Waals surface area contributed by atoms with Crippen LogP contribution in [-0.2, 0) is 0 Å². The van der Waals surface area contributed by atoms with Crippen molar-refractivity contribution in [2.45, 2.75) is 6.10 Å². The summed E-state index contributed by atoms with van der Waals surface area (Å²) in [7, 11) is 1.63. The highest BCUT2D eigenvalue weighted by Crippen LogP contribution is 2.39. The molecule has 3 nitrogen and oxygen atoms in total. The summed E-state index contributed by atoms with van der Waals surface area (Å²) in [6, 6.07) is 24.8. The van der Waals surface area contributed by atoms with Gasteiger partial charge < -0.3 is 9.47 Å². The lowest BCUT2D eigenvalue weighted by Gasteiger charge is -2.28. The highest BCUT2D eigenvalue weighted by Gasteiger charge is 2.32. The molecule has 0 aliphatic carbocycles. The van der Waals surface area contributed by atoms with Gasteiger partial charge in [0, 0.05) is 5.57 Å². The minimum absolute atomic E-state index is 0.0106. The zero-order valence-electron chi connectivity index (χ0n) is 14.4. The van der Waals surface area contributed by atoms with Gasteiger partial charge in [0.05, 0.1) is 12.7 Å². The van der Waals surface area contributed by atoms with Crippen LogP contribution in [0, 0.1) is 0 Å². The summed E-state index contributed by atoms with van der Waals surface area (Å²) in [5.41, 5.74) is 3.05. The number of benzene rings is 3. The van der Waals surface area contributed by atoms with Gasteiger partial charge in [-0.15, -0.1) is 0 Å². The average molecular weight is 342 g/mol. The number of ketones is 1. The molecule has 26 heavy (non-hydrogen) atoms. The Kier molecular flexibility index (Phi) is 4.28. The first-order valence-electron chi connectivity index (χ1n) is 8.47. The van der Waals surface area contributed by atoms with Crippen molar-refractivity contribution in [2.75, 3.05) is 7.11 Å². The van der Waals surface area contributed by atoms with Crippen LogP contribution in [0.2, 0.25) is 0 Å². The first kappa shape index (κ1) is 16.2. The van der Waals surface area contributed by atoms with Gasteiger partial charge in [-0.05, 0) is 41.5 Å². The van der Waals surface area contributed by atoms with E-state index in [0.29, 0.717) is 16.9 Å². The van der Waals surface area contributed by atoms with Crippen molar-refractivity contribution >= 4 is 11.9 Å². The number of rotatable bonds is 3. The average Bonchev–Trinajstić information content (AvgIpc) is 2.71. The van der Waals surface area contributed by atoms with Crippen LogP contribution >= 0.6 is 0 Å². The number of fused-ring (bicyclic) bond motifs is 1. The van der Waals surface area contributed by atoms with Crippen LogP contribution in [0.1, 0.15) is 27.6 Å². The van der Waals surface area contributed by atoms with Crippen molar-refractivity contribution < 1.29 is 14.3 Å². The summed E-state index contributed by atoms with van der Waals surface area (Å²) in [5, 5.41) is 0. The van der Waals surface area contributed by atoms with E-state index < -0.39 is 6.10 Å². The summed E-state index contributed by atoms with van der Waals surface area (Å²) in [5.74, 6) is 1.36. The number of methoxy groups -OCH3 is 1. The van der Waals surface area contributed by atoms with Gasteiger partial charge in [0.2, 0.25) is 0 Å². The molecule has 1 aliphatic heterocycles. The maximum absolute atomic E-state index is 13.2. The lowest BCUT2D eigenvalue weighted by Crippen LogP contribution is -2.23. The molecule has 3 heteroatoms. The van der Waals surface area contributed by atoms with Crippen LogP contribution in [0.25, 0.3) is 6.08 Å². The van der Waals surface area contributed by atoms with Crippen LogP contribution < -0.4 is 9.47 Å². The van der Waals surface area contributed by atoms with Crippen molar-refractivity contribution in [2.24, 2.45) is 0 Å². The Morgan fingerprint density at radius 2 is 1.69 bits per heavy atom. The third-order valence-electron chi connectivity index (χ3n) is 4.44. The number of para-hydroxylation sites is 1. The summed E-state index contributed by atoms with van der Waals surface area (Å²) >= 11 is 0. The molecule has 3 aromatic carbocycles. The van der Waals surface area contributed by atoms with E-state index in [1.54, 1.807) is 13.2 Å². The maximum Gasteiger partial charge on any atom is 0.196 e. The largest absolute Gasteiger partial charge is 0.497 e. The van der Waals surface area contributed by atoms with Gasteiger partial charge in [-0.1, -0.05) is 54.6 Å². The fourth-order valence-corrected chi connectivity index (χ4v) is 3.15. The molecule has 0 unspecified atom stereocenters. The van der Waals surface area contributed by atoms with E-state index in [0.717, 1.165) is 16.9 Å². The predicted molar refractivity (Wildman–Crippen MR) is 102 cm³/mol. The molecule has 1 atom stereocenters. The van der Waals surface area contributed by atoms with Gasteiger partial charge in [-0.25, -0.2) is 0 Å². The van der Waals surface area contributed by atoms with Crippen LogP contribution in [-0.4, -0.2) is 12.9 Å². The minimum atomic E-state index is -0.440. The third-order valence-corrected chi connectivity index (χ3v) is 4.44. The molecule has 0 N–H and O–H groups in total. The van der Waals surface area contributed by atoms with Crippen LogP contribution in [0.4, 0.5) is 0 Å². The quantitative estimate of drug-likeness (QED) is 0.622. The van der Waals surface area contributed by atoms with Gasteiger partial charge in [0.15, 0.2) is 11.9 Å². The topological polar surface area (TPSA) is 35.5 Å². The molecule has 0 saturated carbocycles. The number of Topliss-reactive ketones (excluding diaryl/α,β-unsaturated/α-hetero) is 1. The molecule has 0 bridgehead atoms. The zero-order chi connectivity index (χ0) is 17.9. The van der Waals surface area contributed by atoms with E-state index in [1.165, 1.54) is 0 Å². The van der Waals surface area contributed by atoms with E-state index in [1.807, 2.05) is 78.9 Å². The SMILES string of the molecule is COc1cccc(/C=C2\C(=O)c3ccccc3O[C@H]2c2ccccc2)c1.